The lowest BCUT2D eigenvalue weighted by Crippen LogP contribution is -2.23. The minimum absolute atomic E-state index is 0.111. The molecule has 0 aliphatic carbocycles. The fourth-order valence-corrected chi connectivity index (χ4v) is 4.02. The molecule has 0 unspecified atom stereocenters. The second kappa shape index (κ2) is 7.94. The van der Waals surface area contributed by atoms with Crippen molar-refractivity contribution in [3.63, 3.8) is 0 Å². The third kappa shape index (κ3) is 4.76. The molecule has 0 saturated heterocycles. The molecule has 0 fully saturated rings. The number of aromatic nitrogens is 4. The maximum Gasteiger partial charge on any atom is 0.270 e. The van der Waals surface area contributed by atoms with E-state index in [1.165, 1.54) is 0 Å². The summed E-state index contributed by atoms with van der Waals surface area (Å²) in [6, 6.07) is 7.39. The molecule has 0 bridgehead atoms. The highest BCUT2D eigenvalue weighted by molar-refractivity contribution is 7.91. The van der Waals surface area contributed by atoms with Gasteiger partial charge in [0.25, 0.3) is 10.0 Å². The average molecular weight is 406 g/mol. The second-order valence-corrected chi connectivity index (χ2v) is 8.90. The molecule has 2 heterocycles. The van der Waals surface area contributed by atoms with E-state index in [-0.39, 0.29) is 27.8 Å². The van der Waals surface area contributed by atoms with Gasteiger partial charge in [-0.25, -0.2) is 18.1 Å². The van der Waals surface area contributed by atoms with Crippen molar-refractivity contribution >= 4 is 32.4 Å². The van der Waals surface area contributed by atoms with E-state index >= 15 is 0 Å². The minimum atomic E-state index is -3.82. The van der Waals surface area contributed by atoms with Crippen LogP contribution in [0.3, 0.4) is 0 Å². The van der Waals surface area contributed by atoms with Crippen LogP contribution in [0, 0.1) is 5.92 Å². The largest absolute Gasteiger partial charge is 0.306 e. The van der Waals surface area contributed by atoms with Gasteiger partial charge in [-0.1, -0.05) is 37.3 Å². The third-order valence-corrected chi connectivity index (χ3v) is 6.20. The fourth-order valence-electron chi connectivity index (χ4n) is 2.06. The predicted octanol–water partition coefficient (Wildman–Crippen LogP) is 1.80. The molecule has 0 atom stereocenters. The molecule has 1 aromatic carbocycles. The van der Waals surface area contributed by atoms with Crippen molar-refractivity contribution in [1.29, 1.82) is 0 Å². The van der Waals surface area contributed by atoms with Gasteiger partial charge in [0.15, 0.2) is 0 Å². The summed E-state index contributed by atoms with van der Waals surface area (Å²) in [6.45, 7) is 3.57. The molecular formula is C16H18N6O3S2. The van der Waals surface area contributed by atoms with Crippen molar-refractivity contribution in [3.05, 3.63) is 48.5 Å². The first-order valence-electron chi connectivity index (χ1n) is 8.06. The first kappa shape index (κ1) is 19.1. The Hall–Kier alpha value is -2.63. The molecule has 27 heavy (non-hydrogen) atoms. The Bertz CT molecular complexity index is 1010. The monoisotopic (exact) mass is 406 g/mol. The maximum absolute atomic E-state index is 12.4. The SMILES string of the molecule is CC(C)C(=O)Nc1nnc(S(=O)(=O)NCc2ccc(-n3ccnc3)cc2)s1. The summed E-state index contributed by atoms with van der Waals surface area (Å²) in [6.07, 6.45) is 5.19. The zero-order chi connectivity index (χ0) is 19.4. The first-order chi connectivity index (χ1) is 12.8. The molecule has 1 amide bonds. The van der Waals surface area contributed by atoms with E-state index in [4.69, 9.17) is 0 Å². The van der Waals surface area contributed by atoms with Gasteiger partial charge < -0.3 is 9.88 Å². The van der Waals surface area contributed by atoms with Crippen LogP contribution in [0.2, 0.25) is 0 Å². The number of imidazole rings is 1. The Morgan fingerprint density at radius 3 is 2.59 bits per heavy atom. The molecule has 2 N–H and O–H groups in total. The Morgan fingerprint density at radius 1 is 1.22 bits per heavy atom. The average Bonchev–Trinajstić information content (AvgIpc) is 3.32. The molecule has 9 nitrogen and oxygen atoms in total. The Labute approximate surface area is 160 Å². The van der Waals surface area contributed by atoms with Gasteiger partial charge in [-0.15, -0.1) is 10.2 Å². The topological polar surface area (TPSA) is 119 Å². The van der Waals surface area contributed by atoms with Crippen molar-refractivity contribution in [3.8, 4) is 5.69 Å². The standard InChI is InChI=1S/C16H18N6O3S2/c1-11(2)14(23)19-15-20-21-16(26-15)27(24,25)18-9-12-3-5-13(6-4-12)22-8-7-17-10-22/h3-8,10-11,18H,9H2,1-2H3,(H,19,20,23). The molecule has 3 aromatic rings. The smallest absolute Gasteiger partial charge is 0.270 e. The molecule has 0 spiro atoms. The lowest BCUT2D eigenvalue weighted by Gasteiger charge is -2.06. The molecule has 0 aliphatic heterocycles. The number of nitrogens with zero attached hydrogens (tertiary/aromatic N) is 4. The van der Waals surface area contributed by atoms with Crippen molar-refractivity contribution < 1.29 is 13.2 Å². The molecule has 3 rings (SSSR count). The van der Waals surface area contributed by atoms with Crippen molar-refractivity contribution in [2.45, 2.75) is 24.7 Å². The zero-order valence-electron chi connectivity index (χ0n) is 14.7. The van der Waals surface area contributed by atoms with Crippen LogP contribution in [-0.4, -0.2) is 34.1 Å². The van der Waals surface area contributed by atoms with E-state index in [0.29, 0.717) is 0 Å². The molecule has 0 aliphatic rings. The highest BCUT2D eigenvalue weighted by Gasteiger charge is 2.21. The van der Waals surface area contributed by atoms with Crippen LogP contribution < -0.4 is 10.0 Å². The lowest BCUT2D eigenvalue weighted by molar-refractivity contribution is -0.118. The maximum atomic E-state index is 12.4. The van der Waals surface area contributed by atoms with Crippen molar-refractivity contribution in [2.75, 3.05) is 5.32 Å². The zero-order valence-corrected chi connectivity index (χ0v) is 16.3. The number of anilines is 1. The van der Waals surface area contributed by atoms with E-state index < -0.39 is 10.0 Å². The summed E-state index contributed by atoms with van der Waals surface area (Å²) in [4.78, 5) is 15.6. The van der Waals surface area contributed by atoms with Crippen LogP contribution in [-0.2, 0) is 21.4 Å². The fraction of sp³-hybridized carbons (Fsp3) is 0.250. The molecule has 0 radical (unpaired) electrons. The van der Waals surface area contributed by atoms with E-state index in [1.807, 2.05) is 35.0 Å². The number of carbonyl (C=O) groups excluding carboxylic acids is 1. The Kier molecular flexibility index (Phi) is 5.63. The number of rotatable bonds is 7. The number of hydrogen-bond donors (Lipinski definition) is 2. The normalized spacial score (nSPS) is 11.7. The summed E-state index contributed by atoms with van der Waals surface area (Å²) in [7, 11) is -3.82. The van der Waals surface area contributed by atoms with Gasteiger partial charge in [0.2, 0.25) is 15.4 Å². The van der Waals surface area contributed by atoms with Crippen LogP contribution in [0.15, 0.2) is 47.3 Å². The first-order valence-corrected chi connectivity index (χ1v) is 10.4. The van der Waals surface area contributed by atoms with Crippen molar-refractivity contribution in [1.82, 2.24) is 24.5 Å². The summed E-state index contributed by atoms with van der Waals surface area (Å²) in [5.74, 6) is -0.488. The summed E-state index contributed by atoms with van der Waals surface area (Å²) < 4.78 is 28.9. The summed E-state index contributed by atoms with van der Waals surface area (Å²) in [5.41, 5.74) is 1.72. The van der Waals surface area contributed by atoms with Crippen LogP contribution in [0.5, 0.6) is 0 Å². The quantitative estimate of drug-likeness (QED) is 0.578. The Morgan fingerprint density at radius 2 is 1.96 bits per heavy atom. The van der Waals surface area contributed by atoms with Crippen LogP contribution in [0.4, 0.5) is 5.13 Å². The third-order valence-electron chi connectivity index (χ3n) is 3.60. The van der Waals surface area contributed by atoms with Gasteiger partial charge in [-0.05, 0) is 17.7 Å². The van der Waals surface area contributed by atoms with Gasteiger partial charge in [0, 0.05) is 30.5 Å². The van der Waals surface area contributed by atoms with Crippen LogP contribution in [0.25, 0.3) is 5.69 Å². The van der Waals surface area contributed by atoms with E-state index in [0.717, 1.165) is 22.6 Å². The summed E-state index contributed by atoms with van der Waals surface area (Å²) in [5, 5.41) is 10.0. The van der Waals surface area contributed by atoms with Gasteiger partial charge in [-0.3, -0.25) is 4.79 Å². The van der Waals surface area contributed by atoms with Crippen molar-refractivity contribution in [2.24, 2.45) is 5.92 Å². The van der Waals surface area contributed by atoms with Gasteiger partial charge in [0.05, 0.1) is 6.33 Å². The molecule has 2 aromatic heterocycles. The number of benzene rings is 1. The molecule has 0 saturated carbocycles. The molecule has 11 heteroatoms. The van der Waals surface area contributed by atoms with E-state index in [9.17, 15) is 13.2 Å². The Balaban J connectivity index is 1.63. The van der Waals surface area contributed by atoms with Crippen LogP contribution >= 0.6 is 11.3 Å². The molecule has 142 valence electrons. The predicted molar refractivity (Wildman–Crippen MR) is 101 cm³/mol. The van der Waals surface area contributed by atoms with E-state index in [2.05, 4.69) is 25.2 Å². The van der Waals surface area contributed by atoms with Gasteiger partial charge in [-0.2, -0.15) is 0 Å². The second-order valence-electron chi connectivity index (χ2n) is 5.98. The van der Waals surface area contributed by atoms with Gasteiger partial charge >= 0.3 is 0 Å². The number of hydrogen-bond acceptors (Lipinski definition) is 7. The minimum Gasteiger partial charge on any atom is -0.306 e. The number of nitrogens with one attached hydrogen (secondary N) is 2. The highest BCUT2D eigenvalue weighted by atomic mass is 32.2. The highest BCUT2D eigenvalue weighted by Crippen LogP contribution is 2.20. The number of sulfonamides is 1. The molecular weight excluding hydrogens is 388 g/mol. The number of carbonyl (C=O) groups is 1. The van der Waals surface area contributed by atoms with E-state index in [1.54, 1.807) is 26.4 Å². The van der Waals surface area contributed by atoms with Gasteiger partial charge in [0.1, 0.15) is 0 Å². The van der Waals surface area contributed by atoms with Crippen LogP contribution in [0.1, 0.15) is 19.4 Å². The summed E-state index contributed by atoms with van der Waals surface area (Å²) >= 11 is 0.807. The lowest BCUT2D eigenvalue weighted by atomic mass is 10.2. The number of amides is 1.